The molecule has 3 rings (SSSR count). The van der Waals surface area contributed by atoms with Gasteiger partial charge in [-0.3, -0.25) is 14.7 Å². The van der Waals surface area contributed by atoms with Crippen LogP contribution in [0.5, 0.6) is 0 Å². The predicted molar refractivity (Wildman–Crippen MR) is 123 cm³/mol. The molecule has 1 aromatic heterocycles. The van der Waals surface area contributed by atoms with Gasteiger partial charge < -0.3 is 15.5 Å². The second-order valence-electron chi connectivity index (χ2n) is 6.58. The molecule has 0 spiro atoms. The number of piperazine rings is 1. The van der Waals surface area contributed by atoms with Crippen molar-refractivity contribution in [2.24, 2.45) is 4.99 Å². The molecule has 1 saturated carbocycles. The van der Waals surface area contributed by atoms with Crippen LogP contribution < -0.4 is 10.6 Å². The van der Waals surface area contributed by atoms with E-state index in [1.807, 2.05) is 18.6 Å². The lowest BCUT2D eigenvalue weighted by Gasteiger charge is -2.36. The molecule has 1 amide bonds. The SMILES string of the molecule is CN=C(NCCCSc1nccs1)N1CCN(CC(=O)NC2CC2)CC1.I. The standard InChI is InChI=1S/C17H28N6OS2.HI/c1-18-16(19-5-2-11-25-17-20-6-12-26-17)23-9-7-22(8-10-23)13-15(24)21-14-3-4-14;/h6,12,14H,2-5,7-11,13H2,1H3,(H,18,19)(H,21,24);1H. The topological polar surface area (TPSA) is 72.9 Å². The monoisotopic (exact) mass is 524 g/mol. The molecule has 27 heavy (non-hydrogen) atoms. The van der Waals surface area contributed by atoms with Gasteiger partial charge in [0.1, 0.15) is 4.34 Å². The third kappa shape index (κ3) is 8.12. The zero-order valence-corrected chi connectivity index (χ0v) is 19.7. The molecule has 1 aromatic rings. The van der Waals surface area contributed by atoms with Crippen LogP contribution in [0.25, 0.3) is 0 Å². The Morgan fingerprint density at radius 1 is 1.37 bits per heavy atom. The Morgan fingerprint density at radius 3 is 2.78 bits per heavy atom. The molecule has 2 heterocycles. The van der Waals surface area contributed by atoms with Gasteiger partial charge in [-0.15, -0.1) is 35.3 Å². The maximum Gasteiger partial charge on any atom is 0.234 e. The van der Waals surface area contributed by atoms with Gasteiger partial charge in [-0.2, -0.15) is 0 Å². The van der Waals surface area contributed by atoms with Gasteiger partial charge in [0.15, 0.2) is 5.96 Å². The van der Waals surface area contributed by atoms with E-state index in [0.717, 1.165) is 68.0 Å². The number of aliphatic imine (C=N–C) groups is 1. The second-order valence-corrected chi connectivity index (χ2v) is 8.82. The second kappa shape index (κ2) is 12.1. The average Bonchev–Trinajstić information content (AvgIpc) is 3.30. The smallest absolute Gasteiger partial charge is 0.234 e. The maximum atomic E-state index is 11.9. The predicted octanol–water partition coefficient (Wildman–Crippen LogP) is 1.71. The van der Waals surface area contributed by atoms with Gasteiger partial charge in [0.2, 0.25) is 5.91 Å². The summed E-state index contributed by atoms with van der Waals surface area (Å²) in [6, 6.07) is 0.445. The van der Waals surface area contributed by atoms with Crippen LogP contribution in [0, 0.1) is 0 Å². The lowest BCUT2D eigenvalue weighted by atomic mass is 10.3. The molecule has 0 unspecified atom stereocenters. The largest absolute Gasteiger partial charge is 0.356 e. The van der Waals surface area contributed by atoms with Crippen LogP contribution in [0.3, 0.4) is 0 Å². The molecule has 152 valence electrons. The van der Waals surface area contributed by atoms with Gasteiger partial charge in [-0.25, -0.2) is 4.98 Å². The van der Waals surface area contributed by atoms with Crippen LogP contribution in [-0.4, -0.2) is 84.8 Å². The molecule has 7 nitrogen and oxygen atoms in total. The van der Waals surface area contributed by atoms with Gasteiger partial charge in [0, 0.05) is 63.1 Å². The Hall–Kier alpha value is -0.590. The van der Waals surface area contributed by atoms with Crippen LogP contribution in [0.1, 0.15) is 19.3 Å². The minimum absolute atomic E-state index is 0. The third-order valence-electron chi connectivity index (χ3n) is 4.43. The lowest BCUT2D eigenvalue weighted by Crippen LogP contribution is -2.54. The Kier molecular flexibility index (Phi) is 10.2. The number of hydrogen-bond acceptors (Lipinski definition) is 6. The van der Waals surface area contributed by atoms with Gasteiger partial charge >= 0.3 is 0 Å². The van der Waals surface area contributed by atoms with E-state index in [1.54, 1.807) is 23.1 Å². The number of hydrogen-bond donors (Lipinski definition) is 2. The molecule has 1 saturated heterocycles. The van der Waals surface area contributed by atoms with E-state index in [0.29, 0.717) is 12.6 Å². The molecule has 0 bridgehead atoms. The summed E-state index contributed by atoms with van der Waals surface area (Å²) in [4.78, 5) is 25.1. The van der Waals surface area contributed by atoms with Crippen LogP contribution in [0.15, 0.2) is 20.9 Å². The Bertz CT molecular complexity index is 588. The van der Waals surface area contributed by atoms with Crippen LogP contribution in [0.4, 0.5) is 0 Å². The molecule has 10 heteroatoms. The Balaban J connectivity index is 0.00000261. The highest BCUT2D eigenvalue weighted by molar-refractivity contribution is 14.0. The van der Waals surface area contributed by atoms with Gasteiger partial charge in [-0.1, -0.05) is 11.8 Å². The highest BCUT2D eigenvalue weighted by atomic mass is 127. The van der Waals surface area contributed by atoms with Crippen molar-refractivity contribution in [3.63, 3.8) is 0 Å². The number of carbonyl (C=O) groups excluding carboxylic acids is 1. The summed E-state index contributed by atoms with van der Waals surface area (Å²) in [6.07, 6.45) is 5.21. The number of carbonyl (C=O) groups is 1. The van der Waals surface area contributed by atoms with Crippen molar-refractivity contribution in [3.05, 3.63) is 11.6 Å². The van der Waals surface area contributed by atoms with E-state index in [1.165, 1.54) is 0 Å². The van der Waals surface area contributed by atoms with Gasteiger partial charge in [0.25, 0.3) is 0 Å². The summed E-state index contributed by atoms with van der Waals surface area (Å²) >= 11 is 3.50. The molecular weight excluding hydrogens is 495 g/mol. The fourth-order valence-electron chi connectivity index (χ4n) is 2.87. The maximum absolute atomic E-state index is 11.9. The van der Waals surface area contributed by atoms with E-state index in [-0.39, 0.29) is 29.9 Å². The van der Waals surface area contributed by atoms with Crippen molar-refractivity contribution in [2.45, 2.75) is 29.6 Å². The number of amides is 1. The van der Waals surface area contributed by atoms with E-state index in [9.17, 15) is 4.79 Å². The highest BCUT2D eigenvalue weighted by Gasteiger charge is 2.25. The summed E-state index contributed by atoms with van der Waals surface area (Å²) < 4.78 is 1.14. The Labute approximate surface area is 186 Å². The Morgan fingerprint density at radius 2 is 2.15 bits per heavy atom. The quantitative estimate of drug-likeness (QED) is 0.178. The first-order valence-corrected chi connectivity index (χ1v) is 11.1. The molecule has 0 radical (unpaired) electrons. The van der Waals surface area contributed by atoms with Crippen LogP contribution in [-0.2, 0) is 4.79 Å². The van der Waals surface area contributed by atoms with Crippen molar-refractivity contribution in [2.75, 3.05) is 52.1 Å². The molecule has 2 N–H and O–H groups in total. The molecule has 0 aromatic carbocycles. The fourth-order valence-corrected chi connectivity index (χ4v) is 4.51. The first-order valence-electron chi connectivity index (χ1n) is 9.24. The summed E-state index contributed by atoms with van der Waals surface area (Å²) in [6.45, 7) is 5.05. The zero-order valence-electron chi connectivity index (χ0n) is 15.7. The third-order valence-corrected chi connectivity index (χ3v) is 6.48. The highest BCUT2D eigenvalue weighted by Crippen LogP contribution is 2.20. The van der Waals surface area contributed by atoms with E-state index in [2.05, 4.69) is 30.4 Å². The van der Waals surface area contributed by atoms with Crippen molar-refractivity contribution in [1.29, 1.82) is 0 Å². The van der Waals surface area contributed by atoms with E-state index >= 15 is 0 Å². The number of thioether (sulfide) groups is 1. The zero-order chi connectivity index (χ0) is 18.2. The first-order chi connectivity index (χ1) is 12.7. The van der Waals surface area contributed by atoms with Crippen LogP contribution >= 0.6 is 47.1 Å². The first kappa shape index (κ1) is 22.7. The van der Waals surface area contributed by atoms with Crippen LogP contribution in [0.2, 0.25) is 0 Å². The number of halogens is 1. The number of thiazole rings is 1. The molecule has 0 atom stereocenters. The number of rotatable bonds is 8. The van der Waals surface area contributed by atoms with Crippen molar-refractivity contribution in [1.82, 2.24) is 25.4 Å². The molecule has 1 aliphatic heterocycles. The van der Waals surface area contributed by atoms with Gasteiger partial charge in [-0.05, 0) is 19.3 Å². The number of nitrogens with zero attached hydrogens (tertiary/aromatic N) is 4. The lowest BCUT2D eigenvalue weighted by molar-refractivity contribution is -0.122. The average molecular weight is 524 g/mol. The number of aromatic nitrogens is 1. The molecule has 2 aliphatic rings. The minimum atomic E-state index is 0. The number of nitrogens with one attached hydrogen (secondary N) is 2. The summed E-state index contributed by atoms with van der Waals surface area (Å²) in [5.74, 6) is 2.19. The van der Waals surface area contributed by atoms with Crippen molar-refractivity contribution < 1.29 is 4.79 Å². The summed E-state index contributed by atoms with van der Waals surface area (Å²) in [5, 5.41) is 8.53. The fraction of sp³-hybridized carbons (Fsp3) is 0.706. The summed E-state index contributed by atoms with van der Waals surface area (Å²) in [5.41, 5.74) is 0. The van der Waals surface area contributed by atoms with E-state index in [4.69, 9.17) is 0 Å². The number of guanidine groups is 1. The van der Waals surface area contributed by atoms with E-state index < -0.39 is 0 Å². The normalized spacial score (nSPS) is 18.1. The minimum Gasteiger partial charge on any atom is -0.356 e. The summed E-state index contributed by atoms with van der Waals surface area (Å²) in [7, 11) is 1.84. The molecule has 1 aliphatic carbocycles. The van der Waals surface area contributed by atoms with Crippen molar-refractivity contribution in [3.8, 4) is 0 Å². The van der Waals surface area contributed by atoms with Crippen molar-refractivity contribution >= 4 is 58.9 Å². The van der Waals surface area contributed by atoms with Gasteiger partial charge in [0.05, 0.1) is 6.54 Å². The molecular formula is C17H29IN6OS2. The molecule has 2 fully saturated rings.